The summed E-state index contributed by atoms with van der Waals surface area (Å²) in [5, 5.41) is 9.33. The van der Waals surface area contributed by atoms with Crippen LogP contribution in [0.4, 0.5) is 0 Å². The number of methoxy groups -OCH3 is 2. The highest BCUT2D eigenvalue weighted by Crippen LogP contribution is 2.35. The molecule has 0 bridgehead atoms. The Bertz CT molecular complexity index is 415. The molecular weight excluding hydrogens is 240 g/mol. The lowest BCUT2D eigenvalue weighted by atomic mass is 10.1. The first-order valence-corrected chi connectivity index (χ1v) is 6.29. The van der Waals surface area contributed by atoms with Crippen LogP contribution in [0, 0.1) is 0 Å². The Morgan fingerprint density at radius 2 is 1.88 bits per heavy atom. The molecule has 94 valence electrons. The van der Waals surface area contributed by atoms with Gasteiger partial charge < -0.3 is 14.6 Å². The van der Waals surface area contributed by atoms with E-state index < -0.39 is 6.10 Å². The largest absolute Gasteiger partial charge is 0.496 e. The van der Waals surface area contributed by atoms with Crippen LogP contribution in [-0.2, 0) is 0 Å². The summed E-state index contributed by atoms with van der Waals surface area (Å²) in [5.74, 6) is 0.663. The molecule has 17 heavy (non-hydrogen) atoms. The van der Waals surface area contributed by atoms with E-state index in [4.69, 9.17) is 9.47 Å². The highest BCUT2D eigenvalue weighted by atomic mass is 32.2. The molecule has 1 aromatic carbocycles. The molecule has 1 rings (SSSR count). The molecule has 0 aliphatic carbocycles. The fourth-order valence-electron chi connectivity index (χ4n) is 1.45. The summed E-state index contributed by atoms with van der Waals surface area (Å²) in [7, 11) is 3.03. The molecule has 1 aromatic rings. The van der Waals surface area contributed by atoms with Crippen molar-refractivity contribution in [2.45, 2.75) is 17.9 Å². The average Bonchev–Trinajstić information content (AvgIpc) is 2.35. The summed E-state index contributed by atoms with van der Waals surface area (Å²) < 4.78 is 10.4. The molecule has 0 saturated carbocycles. The monoisotopic (exact) mass is 256 g/mol. The van der Waals surface area contributed by atoms with Crippen molar-refractivity contribution >= 4 is 17.5 Å². The Kier molecular flexibility index (Phi) is 4.84. The molecular formula is C12H16O4S. The number of ether oxygens (including phenoxy) is 2. The average molecular weight is 256 g/mol. The number of rotatable bonds is 5. The van der Waals surface area contributed by atoms with Gasteiger partial charge in [0.25, 0.3) is 0 Å². The molecule has 0 aromatic heterocycles. The number of aliphatic hydroxyl groups excluding tert-OH is 1. The zero-order valence-electron chi connectivity index (χ0n) is 10.3. The molecule has 1 atom stereocenters. The maximum absolute atomic E-state index is 11.8. The van der Waals surface area contributed by atoms with Gasteiger partial charge in [-0.2, -0.15) is 0 Å². The van der Waals surface area contributed by atoms with Crippen LogP contribution < -0.4 is 9.47 Å². The topological polar surface area (TPSA) is 55.8 Å². The highest BCUT2D eigenvalue weighted by Gasteiger charge is 2.20. The normalized spacial score (nSPS) is 12.1. The third-order valence-electron chi connectivity index (χ3n) is 2.35. The van der Waals surface area contributed by atoms with Crippen LogP contribution in [0.15, 0.2) is 17.0 Å². The Hall–Kier alpha value is -1.20. The van der Waals surface area contributed by atoms with Crippen LogP contribution in [0.2, 0.25) is 0 Å². The maximum atomic E-state index is 11.8. The maximum Gasteiger partial charge on any atom is 0.194 e. The summed E-state index contributed by atoms with van der Waals surface area (Å²) in [4.78, 5) is 12.7. The molecule has 1 unspecified atom stereocenters. The number of thioether (sulfide) groups is 1. The van der Waals surface area contributed by atoms with Crippen molar-refractivity contribution in [3.63, 3.8) is 0 Å². The molecule has 4 nitrogen and oxygen atoms in total. The highest BCUT2D eigenvalue weighted by molar-refractivity contribution is 7.98. The lowest BCUT2D eigenvalue weighted by Gasteiger charge is -2.13. The Labute approximate surface area is 105 Å². The van der Waals surface area contributed by atoms with Gasteiger partial charge in [0.05, 0.1) is 24.7 Å². The molecule has 0 fully saturated rings. The summed E-state index contributed by atoms with van der Waals surface area (Å²) in [6, 6.07) is 3.33. The van der Waals surface area contributed by atoms with Gasteiger partial charge in [-0.15, -0.1) is 11.8 Å². The Morgan fingerprint density at radius 3 is 2.29 bits per heavy atom. The van der Waals surface area contributed by atoms with Gasteiger partial charge in [0, 0.05) is 0 Å². The number of carbonyl (C=O) groups excluding carboxylic acids is 1. The minimum Gasteiger partial charge on any atom is -0.496 e. The van der Waals surface area contributed by atoms with Crippen LogP contribution in [0.1, 0.15) is 17.3 Å². The molecule has 0 radical (unpaired) electrons. The fourth-order valence-corrected chi connectivity index (χ4v) is 2.02. The van der Waals surface area contributed by atoms with Crippen molar-refractivity contribution in [1.82, 2.24) is 0 Å². The van der Waals surface area contributed by atoms with Crippen LogP contribution in [0.3, 0.4) is 0 Å². The number of carbonyl (C=O) groups is 1. The minimum atomic E-state index is -1.06. The van der Waals surface area contributed by atoms with Crippen molar-refractivity contribution in [1.29, 1.82) is 0 Å². The lowest BCUT2D eigenvalue weighted by Crippen LogP contribution is -2.17. The molecule has 0 aliphatic heterocycles. The molecule has 0 saturated heterocycles. The number of hydrogen-bond donors (Lipinski definition) is 1. The Balaban J connectivity index is 3.33. The van der Waals surface area contributed by atoms with Crippen LogP contribution in [0.5, 0.6) is 11.5 Å². The summed E-state index contributed by atoms with van der Waals surface area (Å²) >= 11 is 1.50. The van der Waals surface area contributed by atoms with Crippen LogP contribution in [0.25, 0.3) is 0 Å². The molecule has 0 aliphatic rings. The quantitative estimate of drug-likeness (QED) is 0.645. The van der Waals surface area contributed by atoms with E-state index in [-0.39, 0.29) is 5.78 Å². The lowest BCUT2D eigenvalue weighted by molar-refractivity contribution is 0.0776. The van der Waals surface area contributed by atoms with Gasteiger partial charge >= 0.3 is 0 Å². The van der Waals surface area contributed by atoms with E-state index in [0.29, 0.717) is 17.1 Å². The van der Waals surface area contributed by atoms with E-state index in [1.54, 1.807) is 12.1 Å². The second-order valence-electron chi connectivity index (χ2n) is 3.45. The predicted octanol–water partition coefficient (Wildman–Crippen LogP) is 1.99. The van der Waals surface area contributed by atoms with E-state index in [9.17, 15) is 9.90 Å². The van der Waals surface area contributed by atoms with Gasteiger partial charge in [0.15, 0.2) is 5.78 Å². The minimum absolute atomic E-state index is 0.331. The number of Topliss-reactive ketones (excluding diaryl/α,β-unsaturated/α-hetero) is 1. The first kappa shape index (κ1) is 13.9. The van der Waals surface area contributed by atoms with E-state index in [1.807, 2.05) is 6.26 Å². The zero-order chi connectivity index (χ0) is 13.0. The third kappa shape index (κ3) is 2.92. The number of benzene rings is 1. The summed E-state index contributed by atoms with van der Waals surface area (Å²) in [6.45, 7) is 1.43. The SMILES string of the molecule is COc1cc(C(=O)C(C)O)c(OC)cc1SC. The Morgan fingerprint density at radius 1 is 1.29 bits per heavy atom. The van der Waals surface area contributed by atoms with Gasteiger partial charge in [0.2, 0.25) is 0 Å². The van der Waals surface area contributed by atoms with E-state index >= 15 is 0 Å². The standard InChI is InChI=1S/C12H16O4S/c1-7(13)12(14)8-5-10(16-3)11(17-4)6-9(8)15-2/h5-7,13H,1-4H3. The van der Waals surface area contributed by atoms with Gasteiger partial charge in [-0.05, 0) is 25.3 Å². The molecule has 5 heteroatoms. The summed E-state index contributed by atoms with van der Waals surface area (Å²) in [6.07, 6.45) is 0.849. The van der Waals surface area contributed by atoms with Gasteiger partial charge in [0.1, 0.15) is 17.6 Å². The zero-order valence-corrected chi connectivity index (χ0v) is 11.1. The first-order valence-electron chi connectivity index (χ1n) is 5.07. The number of hydrogen-bond acceptors (Lipinski definition) is 5. The predicted molar refractivity (Wildman–Crippen MR) is 67.3 cm³/mol. The molecule has 1 N–H and O–H groups in total. The number of ketones is 1. The molecule has 0 amide bonds. The van der Waals surface area contributed by atoms with Gasteiger partial charge in [-0.1, -0.05) is 0 Å². The van der Waals surface area contributed by atoms with Crippen molar-refractivity contribution < 1.29 is 19.4 Å². The van der Waals surface area contributed by atoms with Crippen LogP contribution >= 0.6 is 11.8 Å². The van der Waals surface area contributed by atoms with Crippen molar-refractivity contribution in [3.8, 4) is 11.5 Å². The number of aliphatic hydroxyl groups is 1. The smallest absolute Gasteiger partial charge is 0.194 e. The van der Waals surface area contributed by atoms with Crippen molar-refractivity contribution in [2.24, 2.45) is 0 Å². The van der Waals surface area contributed by atoms with Crippen molar-refractivity contribution in [3.05, 3.63) is 17.7 Å². The van der Waals surface area contributed by atoms with E-state index in [2.05, 4.69) is 0 Å². The second-order valence-corrected chi connectivity index (χ2v) is 4.30. The third-order valence-corrected chi connectivity index (χ3v) is 3.11. The van der Waals surface area contributed by atoms with Gasteiger partial charge in [-0.25, -0.2) is 0 Å². The van der Waals surface area contributed by atoms with Crippen molar-refractivity contribution in [2.75, 3.05) is 20.5 Å². The van der Waals surface area contributed by atoms with Crippen LogP contribution in [-0.4, -0.2) is 37.5 Å². The van der Waals surface area contributed by atoms with E-state index in [1.165, 1.54) is 32.9 Å². The molecule has 0 heterocycles. The first-order chi connectivity index (χ1) is 8.04. The second kappa shape index (κ2) is 5.93. The van der Waals surface area contributed by atoms with E-state index in [0.717, 1.165) is 4.90 Å². The summed E-state index contributed by atoms with van der Waals surface area (Å²) in [5.41, 5.74) is 0.331. The van der Waals surface area contributed by atoms with Gasteiger partial charge in [-0.3, -0.25) is 4.79 Å². The molecule has 0 spiro atoms. The fraction of sp³-hybridized carbons (Fsp3) is 0.417.